The van der Waals surface area contributed by atoms with Gasteiger partial charge in [0.1, 0.15) is 35.6 Å². The van der Waals surface area contributed by atoms with Crippen molar-refractivity contribution in [2.24, 2.45) is 0 Å². The predicted octanol–water partition coefficient (Wildman–Crippen LogP) is 6.30. The quantitative estimate of drug-likeness (QED) is 0.349. The molecule has 0 unspecified atom stereocenters. The number of rotatable bonds is 6. The van der Waals surface area contributed by atoms with E-state index in [1.807, 2.05) is 18.2 Å². The summed E-state index contributed by atoms with van der Waals surface area (Å²) in [5.41, 5.74) is 2.80. The van der Waals surface area contributed by atoms with Crippen molar-refractivity contribution >= 4 is 52.5 Å². The molecule has 0 saturated carbocycles. The van der Waals surface area contributed by atoms with E-state index in [0.29, 0.717) is 25.1 Å². The largest absolute Gasteiger partial charge is 0.487 e. The third kappa shape index (κ3) is 6.42. The Morgan fingerprint density at radius 3 is 2.53 bits per heavy atom. The number of alkyl halides is 3. The van der Waals surface area contributed by atoms with Crippen LogP contribution in [-0.4, -0.2) is 26.4 Å². The fourth-order valence-electron chi connectivity index (χ4n) is 3.74. The molecule has 1 amide bonds. The molecule has 2 heterocycles. The molecule has 1 aromatic heterocycles. The van der Waals surface area contributed by atoms with E-state index in [9.17, 15) is 18.4 Å². The predicted molar refractivity (Wildman–Crippen MR) is 133 cm³/mol. The summed E-state index contributed by atoms with van der Waals surface area (Å²) in [5.74, 6) is -1.38. The van der Waals surface area contributed by atoms with Crippen LogP contribution >= 0.6 is 46.4 Å². The van der Waals surface area contributed by atoms with Gasteiger partial charge in [-0.25, -0.2) is 13.6 Å². The molecule has 190 valence electrons. The van der Waals surface area contributed by atoms with E-state index in [4.69, 9.17) is 55.9 Å². The monoisotopic (exact) mass is 576 g/mol. The zero-order chi connectivity index (χ0) is 26.0. The number of amides is 1. The van der Waals surface area contributed by atoms with Crippen LogP contribution in [0.2, 0.25) is 5.02 Å². The van der Waals surface area contributed by atoms with Gasteiger partial charge in [0.25, 0.3) is 5.56 Å². The van der Waals surface area contributed by atoms with Gasteiger partial charge in [0.05, 0.1) is 0 Å². The minimum Gasteiger partial charge on any atom is -0.487 e. The minimum atomic E-state index is -1.70. The molecule has 36 heavy (non-hydrogen) atoms. The number of fused-ring (bicyclic) bond motifs is 1. The molecule has 0 saturated heterocycles. The first-order valence-electron chi connectivity index (χ1n) is 10.6. The number of ether oxygens (including phenoxy) is 2. The highest BCUT2D eigenvalue weighted by Crippen LogP contribution is 2.31. The molecule has 0 spiro atoms. The number of aromatic amines is 1. The molecule has 0 atom stereocenters. The second-order valence-corrected chi connectivity index (χ2v) is 11.0. The van der Waals surface area contributed by atoms with Gasteiger partial charge >= 0.3 is 6.09 Å². The first-order chi connectivity index (χ1) is 17.0. The van der Waals surface area contributed by atoms with Crippen LogP contribution in [0.3, 0.4) is 0 Å². The summed E-state index contributed by atoms with van der Waals surface area (Å²) >= 11 is 23.1. The summed E-state index contributed by atoms with van der Waals surface area (Å²) < 4.78 is 36.3. The van der Waals surface area contributed by atoms with E-state index >= 15 is 0 Å². The maximum atomic E-state index is 14.0. The fourth-order valence-corrected chi connectivity index (χ4v) is 4.14. The summed E-state index contributed by atoms with van der Waals surface area (Å²) in [7, 11) is 0. The molecule has 0 bridgehead atoms. The standard InChI is InChI=1S/C24H18Cl4F2N2O4/c25-20-21(35-11-15-3-4-18(29)7-19(15)30)16(8-31-22(20)33)5-13-1-2-14-9-32(10-17(14)6-13)23(34)36-12-24(26,27)28/h1-4,6-8H,5,9-12H2,(H,31,33). The number of halogens is 6. The van der Waals surface area contributed by atoms with Crippen molar-refractivity contribution in [3.05, 3.63) is 97.4 Å². The van der Waals surface area contributed by atoms with Crippen molar-refractivity contribution in [2.45, 2.75) is 29.9 Å². The highest BCUT2D eigenvalue weighted by atomic mass is 35.6. The lowest BCUT2D eigenvalue weighted by molar-refractivity contribution is 0.103. The second-order valence-electron chi connectivity index (χ2n) is 8.12. The Morgan fingerprint density at radius 1 is 1.06 bits per heavy atom. The van der Waals surface area contributed by atoms with Crippen LogP contribution in [0, 0.1) is 11.6 Å². The van der Waals surface area contributed by atoms with E-state index in [0.717, 1.165) is 28.8 Å². The van der Waals surface area contributed by atoms with Crippen LogP contribution in [0.15, 0.2) is 47.4 Å². The molecule has 1 N–H and O–H groups in total. The Labute approximate surface area is 224 Å². The number of benzene rings is 2. The molecule has 0 fully saturated rings. The van der Waals surface area contributed by atoms with Crippen molar-refractivity contribution in [1.29, 1.82) is 0 Å². The van der Waals surface area contributed by atoms with Gasteiger partial charge in [-0.1, -0.05) is 64.6 Å². The van der Waals surface area contributed by atoms with E-state index < -0.39 is 27.1 Å². The number of H-pyrrole nitrogens is 1. The molecule has 12 heteroatoms. The van der Waals surface area contributed by atoms with E-state index in [1.165, 1.54) is 17.2 Å². The number of nitrogens with zero attached hydrogens (tertiary/aromatic N) is 1. The number of hydrogen-bond acceptors (Lipinski definition) is 4. The zero-order valence-corrected chi connectivity index (χ0v) is 21.4. The van der Waals surface area contributed by atoms with Crippen molar-refractivity contribution in [3.63, 3.8) is 0 Å². The molecule has 1 aliphatic heterocycles. The number of aromatic nitrogens is 1. The third-order valence-corrected chi connectivity index (χ3v) is 6.13. The van der Waals surface area contributed by atoms with Crippen LogP contribution in [-0.2, 0) is 30.9 Å². The van der Waals surface area contributed by atoms with Crippen LogP contribution < -0.4 is 10.3 Å². The topological polar surface area (TPSA) is 71.6 Å². The Bertz CT molecular complexity index is 1360. The lowest BCUT2D eigenvalue weighted by atomic mass is 10.0. The van der Waals surface area contributed by atoms with E-state index in [-0.39, 0.29) is 29.5 Å². The molecule has 0 radical (unpaired) electrons. The van der Waals surface area contributed by atoms with Gasteiger partial charge in [0.15, 0.2) is 0 Å². The molecule has 4 rings (SSSR count). The summed E-state index contributed by atoms with van der Waals surface area (Å²) in [6.07, 6.45) is 1.19. The van der Waals surface area contributed by atoms with Gasteiger partial charge in [-0.2, -0.15) is 0 Å². The highest BCUT2D eigenvalue weighted by molar-refractivity contribution is 6.67. The van der Waals surface area contributed by atoms with Crippen molar-refractivity contribution in [2.75, 3.05) is 6.61 Å². The van der Waals surface area contributed by atoms with Crippen molar-refractivity contribution in [3.8, 4) is 5.75 Å². The lowest BCUT2D eigenvalue weighted by Crippen LogP contribution is -2.29. The number of carbonyl (C=O) groups excluding carboxylic acids is 1. The summed E-state index contributed by atoms with van der Waals surface area (Å²) in [4.78, 5) is 28.4. The Morgan fingerprint density at radius 2 is 1.81 bits per heavy atom. The summed E-state index contributed by atoms with van der Waals surface area (Å²) in [5, 5.41) is -0.181. The highest BCUT2D eigenvalue weighted by Gasteiger charge is 2.28. The molecule has 1 aliphatic rings. The van der Waals surface area contributed by atoms with Gasteiger partial charge in [0.2, 0.25) is 3.79 Å². The third-order valence-electron chi connectivity index (χ3n) is 5.46. The molecular weight excluding hydrogens is 560 g/mol. The van der Waals surface area contributed by atoms with Crippen molar-refractivity contribution in [1.82, 2.24) is 9.88 Å². The number of nitrogens with one attached hydrogen (secondary N) is 1. The molecule has 3 aromatic rings. The molecule has 6 nitrogen and oxygen atoms in total. The molecule has 0 aliphatic carbocycles. The zero-order valence-electron chi connectivity index (χ0n) is 18.4. The Hall–Kier alpha value is -2.52. The Kier molecular flexibility index (Phi) is 7.99. The number of carbonyl (C=O) groups is 1. The van der Waals surface area contributed by atoms with Gasteiger partial charge in [0, 0.05) is 42.9 Å². The molecular formula is C24H18Cl4F2N2O4. The molecule has 2 aromatic carbocycles. The maximum absolute atomic E-state index is 14.0. The average molecular weight is 578 g/mol. The van der Waals surface area contributed by atoms with Crippen LogP contribution in [0.25, 0.3) is 0 Å². The average Bonchev–Trinajstić information content (AvgIpc) is 3.24. The SMILES string of the molecule is O=C(OCC(Cl)(Cl)Cl)N1Cc2ccc(Cc3c[nH]c(=O)c(Cl)c3OCc3ccc(F)cc3F)cc2C1. The summed E-state index contributed by atoms with van der Waals surface area (Å²) in [6.45, 7) is 0.0295. The van der Waals surface area contributed by atoms with Crippen LogP contribution in [0.5, 0.6) is 5.75 Å². The summed E-state index contributed by atoms with van der Waals surface area (Å²) in [6, 6.07) is 8.80. The number of hydrogen-bond donors (Lipinski definition) is 1. The van der Waals surface area contributed by atoms with Crippen LogP contribution in [0.1, 0.15) is 27.8 Å². The minimum absolute atomic E-state index is 0.0987. The second kappa shape index (κ2) is 10.8. The van der Waals surface area contributed by atoms with Crippen molar-refractivity contribution < 1.29 is 23.0 Å². The fraction of sp³-hybridized carbons (Fsp3) is 0.250. The van der Waals surface area contributed by atoms with Gasteiger partial charge in [-0.15, -0.1) is 0 Å². The Balaban J connectivity index is 1.49. The van der Waals surface area contributed by atoms with Gasteiger partial charge in [-0.05, 0) is 28.8 Å². The lowest BCUT2D eigenvalue weighted by Gasteiger charge is -2.17. The first kappa shape index (κ1) is 26.5. The number of pyridine rings is 1. The van der Waals surface area contributed by atoms with E-state index in [1.54, 1.807) is 0 Å². The normalized spacial score (nSPS) is 13.0. The van der Waals surface area contributed by atoms with Crippen LogP contribution in [0.4, 0.5) is 13.6 Å². The van der Waals surface area contributed by atoms with Gasteiger partial charge in [-0.3, -0.25) is 9.69 Å². The maximum Gasteiger partial charge on any atom is 0.410 e. The van der Waals surface area contributed by atoms with E-state index in [2.05, 4.69) is 4.98 Å². The smallest absolute Gasteiger partial charge is 0.410 e. The first-order valence-corrected chi connectivity index (χ1v) is 12.1. The van der Waals surface area contributed by atoms with Gasteiger partial charge < -0.3 is 14.5 Å².